The van der Waals surface area contributed by atoms with Gasteiger partial charge in [-0.25, -0.2) is 13.2 Å². The molecule has 1 atom stereocenters. The molecule has 1 aliphatic heterocycles. The number of carbonyl (C=O) groups is 2. The Hall–Kier alpha value is -2.26. The molecule has 2 aromatic rings. The molecule has 1 fully saturated rings. The normalized spacial score (nSPS) is 17.2. The number of methoxy groups -OCH3 is 1. The Bertz CT molecular complexity index is 1050. The largest absolute Gasteiger partial charge is 0.465 e. The summed E-state index contributed by atoms with van der Waals surface area (Å²) in [5.74, 6) is -1.12. The SMILES string of the molecule is COC(=O)c1sc(NC(=O)C2CCCN2S(=O)(=O)c2cccs2)c(C#N)c1C. The number of sulfonamides is 1. The van der Waals surface area contributed by atoms with Gasteiger partial charge in [0.05, 0.1) is 12.7 Å². The fraction of sp³-hybridized carbons (Fsp3) is 0.353. The standard InChI is InChI=1S/C17H17N3O5S3/c1-10-11(9-18)16(27-14(10)17(22)25-2)19-15(21)12-5-3-7-20(12)28(23,24)13-6-4-8-26-13/h4,6,8,12H,3,5,7H2,1-2H3,(H,19,21). The molecule has 1 N–H and O–H groups in total. The molecule has 0 aromatic carbocycles. The smallest absolute Gasteiger partial charge is 0.348 e. The van der Waals surface area contributed by atoms with Crippen molar-refractivity contribution in [3.05, 3.63) is 33.5 Å². The van der Waals surface area contributed by atoms with E-state index in [4.69, 9.17) is 4.74 Å². The van der Waals surface area contributed by atoms with Gasteiger partial charge in [-0.3, -0.25) is 4.79 Å². The van der Waals surface area contributed by atoms with Crippen molar-refractivity contribution in [3.63, 3.8) is 0 Å². The maximum absolute atomic E-state index is 12.8. The summed E-state index contributed by atoms with van der Waals surface area (Å²) in [4.78, 5) is 24.9. The third kappa shape index (κ3) is 3.56. The van der Waals surface area contributed by atoms with Crippen molar-refractivity contribution < 1.29 is 22.7 Å². The van der Waals surface area contributed by atoms with E-state index in [-0.39, 0.29) is 26.2 Å². The van der Waals surface area contributed by atoms with Crippen LogP contribution in [0, 0.1) is 18.3 Å². The number of nitriles is 1. The molecule has 1 amide bonds. The Morgan fingerprint density at radius 3 is 2.79 bits per heavy atom. The molecule has 3 heterocycles. The molecule has 1 aliphatic rings. The first kappa shape index (κ1) is 20.5. The molecule has 1 unspecified atom stereocenters. The van der Waals surface area contributed by atoms with Gasteiger partial charge in [0, 0.05) is 6.54 Å². The van der Waals surface area contributed by atoms with Crippen molar-refractivity contribution in [3.8, 4) is 6.07 Å². The zero-order chi connectivity index (χ0) is 20.5. The van der Waals surface area contributed by atoms with Crippen molar-refractivity contribution >= 4 is 49.6 Å². The third-order valence-corrected chi connectivity index (χ3v) is 8.90. The number of nitrogens with zero attached hydrogens (tertiary/aromatic N) is 2. The molecule has 2 aromatic heterocycles. The number of ether oxygens (including phenoxy) is 1. The van der Waals surface area contributed by atoms with E-state index in [1.165, 1.54) is 17.5 Å². The van der Waals surface area contributed by atoms with Crippen LogP contribution < -0.4 is 5.32 Å². The van der Waals surface area contributed by atoms with Crippen LogP contribution in [0.2, 0.25) is 0 Å². The van der Waals surface area contributed by atoms with Crippen molar-refractivity contribution in [2.45, 2.75) is 30.0 Å². The van der Waals surface area contributed by atoms with E-state index in [2.05, 4.69) is 5.32 Å². The first-order chi connectivity index (χ1) is 13.3. The predicted octanol–water partition coefficient (Wildman–Crippen LogP) is 2.57. The lowest BCUT2D eigenvalue weighted by atomic mass is 10.1. The molecule has 28 heavy (non-hydrogen) atoms. The Morgan fingerprint density at radius 2 is 2.18 bits per heavy atom. The third-order valence-electron chi connectivity index (χ3n) is 4.43. The lowest BCUT2D eigenvalue weighted by Gasteiger charge is -2.22. The summed E-state index contributed by atoms with van der Waals surface area (Å²) in [6.07, 6.45) is 0.942. The molecule has 0 aliphatic carbocycles. The molecule has 0 bridgehead atoms. The highest BCUT2D eigenvalue weighted by Gasteiger charge is 2.40. The van der Waals surface area contributed by atoms with Crippen LogP contribution in [0.4, 0.5) is 5.00 Å². The van der Waals surface area contributed by atoms with E-state index >= 15 is 0 Å². The summed E-state index contributed by atoms with van der Waals surface area (Å²) in [6, 6.07) is 4.26. The molecule has 3 rings (SSSR count). The van der Waals surface area contributed by atoms with E-state index in [1.54, 1.807) is 18.4 Å². The summed E-state index contributed by atoms with van der Waals surface area (Å²) in [5.41, 5.74) is 0.591. The Balaban J connectivity index is 1.87. The van der Waals surface area contributed by atoms with Crippen molar-refractivity contribution in [2.75, 3.05) is 19.0 Å². The molecule has 11 heteroatoms. The number of hydrogen-bond acceptors (Lipinski definition) is 8. The molecular formula is C17H17N3O5S3. The van der Waals surface area contributed by atoms with E-state index in [1.807, 2.05) is 6.07 Å². The summed E-state index contributed by atoms with van der Waals surface area (Å²) in [6.45, 7) is 1.85. The minimum absolute atomic E-state index is 0.171. The van der Waals surface area contributed by atoms with Gasteiger partial charge in [-0.15, -0.1) is 22.7 Å². The topological polar surface area (TPSA) is 117 Å². The molecule has 8 nitrogen and oxygen atoms in total. The van der Waals surface area contributed by atoms with Crippen molar-refractivity contribution in [1.82, 2.24) is 4.31 Å². The van der Waals surface area contributed by atoms with Gasteiger partial charge in [-0.2, -0.15) is 9.57 Å². The minimum Gasteiger partial charge on any atom is -0.465 e. The van der Waals surface area contributed by atoms with Crippen LogP contribution in [0.25, 0.3) is 0 Å². The Labute approximate surface area is 170 Å². The first-order valence-electron chi connectivity index (χ1n) is 8.29. The minimum atomic E-state index is -3.76. The van der Waals surface area contributed by atoms with Gasteiger partial charge in [0.25, 0.3) is 10.0 Å². The number of anilines is 1. The highest BCUT2D eigenvalue weighted by Crippen LogP contribution is 2.34. The summed E-state index contributed by atoms with van der Waals surface area (Å²) in [5, 5.41) is 13.9. The van der Waals surface area contributed by atoms with Crippen LogP contribution >= 0.6 is 22.7 Å². The van der Waals surface area contributed by atoms with Crippen LogP contribution in [0.3, 0.4) is 0 Å². The van der Waals surface area contributed by atoms with Gasteiger partial charge in [-0.05, 0) is 36.8 Å². The number of hydrogen-bond donors (Lipinski definition) is 1. The zero-order valence-corrected chi connectivity index (χ0v) is 17.5. The quantitative estimate of drug-likeness (QED) is 0.716. The van der Waals surface area contributed by atoms with Gasteiger partial charge in [0.1, 0.15) is 26.2 Å². The van der Waals surface area contributed by atoms with Crippen molar-refractivity contribution in [2.24, 2.45) is 0 Å². The van der Waals surface area contributed by atoms with Crippen LogP contribution in [0.15, 0.2) is 21.7 Å². The number of thiophene rings is 2. The molecule has 1 saturated heterocycles. The predicted molar refractivity (Wildman–Crippen MR) is 105 cm³/mol. The second-order valence-electron chi connectivity index (χ2n) is 6.06. The monoisotopic (exact) mass is 439 g/mol. The maximum atomic E-state index is 12.8. The average molecular weight is 440 g/mol. The van der Waals surface area contributed by atoms with E-state index < -0.39 is 27.9 Å². The summed E-state index contributed by atoms with van der Waals surface area (Å²) < 4.78 is 31.7. The number of nitrogens with one attached hydrogen (secondary N) is 1. The lowest BCUT2D eigenvalue weighted by molar-refractivity contribution is -0.119. The molecule has 148 valence electrons. The summed E-state index contributed by atoms with van der Waals surface area (Å²) in [7, 11) is -2.53. The van der Waals surface area contributed by atoms with E-state index in [0.717, 1.165) is 22.7 Å². The van der Waals surface area contributed by atoms with E-state index in [9.17, 15) is 23.3 Å². The Kier molecular flexibility index (Phi) is 5.85. The molecular weight excluding hydrogens is 422 g/mol. The number of esters is 1. The van der Waals surface area contributed by atoms with Gasteiger partial charge < -0.3 is 10.1 Å². The number of carbonyl (C=O) groups excluding carboxylic acids is 2. The van der Waals surface area contributed by atoms with Crippen LogP contribution in [-0.2, 0) is 19.6 Å². The number of rotatable bonds is 5. The number of amides is 1. The maximum Gasteiger partial charge on any atom is 0.348 e. The fourth-order valence-electron chi connectivity index (χ4n) is 3.03. The molecule has 0 radical (unpaired) electrons. The molecule has 0 saturated carbocycles. The lowest BCUT2D eigenvalue weighted by Crippen LogP contribution is -2.42. The van der Waals surface area contributed by atoms with Gasteiger partial charge in [0.15, 0.2) is 0 Å². The van der Waals surface area contributed by atoms with Crippen molar-refractivity contribution in [1.29, 1.82) is 5.26 Å². The van der Waals surface area contributed by atoms with Gasteiger partial charge >= 0.3 is 5.97 Å². The fourth-order valence-corrected chi connectivity index (χ4v) is 6.89. The summed E-state index contributed by atoms with van der Waals surface area (Å²) >= 11 is 2.04. The molecule has 0 spiro atoms. The second kappa shape index (κ2) is 8.00. The highest BCUT2D eigenvalue weighted by molar-refractivity contribution is 7.91. The first-order valence-corrected chi connectivity index (χ1v) is 11.4. The van der Waals surface area contributed by atoms with Crippen LogP contribution in [0.5, 0.6) is 0 Å². The average Bonchev–Trinajstić information content (AvgIpc) is 3.41. The Morgan fingerprint density at radius 1 is 1.43 bits per heavy atom. The second-order valence-corrected chi connectivity index (χ2v) is 10.1. The van der Waals surface area contributed by atoms with Crippen LogP contribution in [-0.4, -0.2) is 44.3 Å². The zero-order valence-electron chi connectivity index (χ0n) is 15.1. The van der Waals surface area contributed by atoms with Gasteiger partial charge in [0.2, 0.25) is 5.91 Å². The highest BCUT2D eigenvalue weighted by atomic mass is 32.2. The van der Waals surface area contributed by atoms with Crippen LogP contribution in [0.1, 0.15) is 33.6 Å². The van der Waals surface area contributed by atoms with Gasteiger partial charge in [-0.1, -0.05) is 6.07 Å². The van der Waals surface area contributed by atoms with E-state index in [0.29, 0.717) is 18.4 Å².